The normalized spacial score (nSPS) is 22.6. The lowest BCUT2D eigenvalue weighted by Crippen LogP contribution is -2.50. The number of hydrogen-bond acceptors (Lipinski definition) is 7. The molecule has 3 aliphatic heterocycles. The molecule has 0 spiro atoms. The Balaban J connectivity index is 1.56. The maximum absolute atomic E-state index is 13.7. The molecule has 3 aliphatic rings. The second kappa shape index (κ2) is 14.2. The number of rotatable bonds is 14. The van der Waals surface area contributed by atoms with Crippen molar-refractivity contribution in [2.75, 3.05) is 80.3 Å². The van der Waals surface area contributed by atoms with Crippen molar-refractivity contribution >= 4 is 17.9 Å². The summed E-state index contributed by atoms with van der Waals surface area (Å²) in [6.07, 6.45) is 4.18. The summed E-state index contributed by atoms with van der Waals surface area (Å²) in [5, 5.41) is 10.5. The average Bonchev–Trinajstić information content (AvgIpc) is 3.55. The molecule has 11 nitrogen and oxygen atoms in total. The van der Waals surface area contributed by atoms with Gasteiger partial charge in [-0.2, -0.15) is 0 Å². The zero-order valence-corrected chi connectivity index (χ0v) is 25.1. The van der Waals surface area contributed by atoms with Crippen molar-refractivity contribution in [2.24, 2.45) is 5.92 Å². The van der Waals surface area contributed by atoms with Crippen LogP contribution in [-0.4, -0.2) is 134 Å². The molecule has 1 aromatic rings. The first-order valence-corrected chi connectivity index (χ1v) is 15.0. The molecule has 4 rings (SSSR count). The van der Waals surface area contributed by atoms with E-state index in [1.54, 1.807) is 11.9 Å². The van der Waals surface area contributed by atoms with Crippen LogP contribution in [0.1, 0.15) is 50.5 Å². The minimum Gasteiger partial charge on any atom is -0.481 e. The van der Waals surface area contributed by atoms with E-state index < -0.39 is 11.9 Å². The number of likely N-dealkylation sites (tertiary alicyclic amines) is 1. The average molecular weight is 574 g/mol. The van der Waals surface area contributed by atoms with Gasteiger partial charge in [0.15, 0.2) is 11.5 Å². The van der Waals surface area contributed by atoms with Crippen LogP contribution in [0.2, 0.25) is 0 Å². The van der Waals surface area contributed by atoms with E-state index >= 15 is 0 Å². The first kappa shape index (κ1) is 30.9. The summed E-state index contributed by atoms with van der Waals surface area (Å²) in [6.45, 7) is 6.99. The number of fused-ring (bicyclic) bond motifs is 1. The van der Waals surface area contributed by atoms with Gasteiger partial charge in [0.1, 0.15) is 0 Å². The minimum atomic E-state index is -0.886. The predicted octanol–water partition coefficient (Wildman–Crippen LogP) is 2.61. The second-order valence-electron chi connectivity index (χ2n) is 11.8. The zero-order chi connectivity index (χ0) is 29.5. The highest BCUT2D eigenvalue weighted by atomic mass is 16.7. The van der Waals surface area contributed by atoms with Crippen LogP contribution in [0.4, 0.5) is 4.79 Å². The third-order valence-electron chi connectivity index (χ3n) is 8.58. The Morgan fingerprint density at radius 3 is 2.56 bits per heavy atom. The smallest absolute Gasteiger partial charge is 0.319 e. The Morgan fingerprint density at radius 1 is 1.07 bits per heavy atom. The van der Waals surface area contributed by atoms with Crippen LogP contribution in [0.15, 0.2) is 18.2 Å². The summed E-state index contributed by atoms with van der Waals surface area (Å²) < 4.78 is 11.1. The molecule has 0 aromatic heterocycles. The summed E-state index contributed by atoms with van der Waals surface area (Å²) in [6, 6.07) is 5.21. The highest BCUT2D eigenvalue weighted by Gasteiger charge is 2.47. The minimum absolute atomic E-state index is 0.0253. The molecule has 1 aromatic carbocycles. The Hall–Kier alpha value is -3.05. The molecule has 0 radical (unpaired) electrons. The van der Waals surface area contributed by atoms with Crippen LogP contribution in [0.3, 0.4) is 0 Å². The summed E-state index contributed by atoms with van der Waals surface area (Å²) >= 11 is 0. The molecule has 0 unspecified atom stereocenters. The van der Waals surface area contributed by atoms with Gasteiger partial charge in [0.05, 0.1) is 12.5 Å². The SMILES string of the molecule is CCCCN(CCCN(C)C)C(=O)CN1C[C@H](c2ccc3c(c2)OCO3)[C@@H](C(=O)O)[C@@H]1CCN1CCCN(C)C1=O. The van der Waals surface area contributed by atoms with Crippen molar-refractivity contribution in [1.82, 2.24) is 24.5 Å². The highest BCUT2D eigenvalue weighted by molar-refractivity contribution is 5.79. The number of ether oxygens (including phenoxy) is 2. The molecule has 11 heteroatoms. The maximum atomic E-state index is 13.7. The lowest BCUT2D eigenvalue weighted by Gasteiger charge is -2.35. The van der Waals surface area contributed by atoms with Crippen molar-refractivity contribution in [2.45, 2.75) is 51.0 Å². The Kier molecular flexibility index (Phi) is 10.7. The maximum Gasteiger partial charge on any atom is 0.319 e. The molecular weight excluding hydrogens is 526 g/mol. The number of urea groups is 1. The summed E-state index contributed by atoms with van der Waals surface area (Å²) in [7, 11) is 5.85. The number of aliphatic carboxylic acids is 1. The van der Waals surface area contributed by atoms with Crippen molar-refractivity contribution in [3.05, 3.63) is 23.8 Å². The largest absolute Gasteiger partial charge is 0.481 e. The van der Waals surface area contributed by atoms with Gasteiger partial charge < -0.3 is 34.2 Å². The molecule has 3 heterocycles. The lowest BCUT2D eigenvalue weighted by atomic mass is 9.84. The number of carboxylic acids is 1. The monoisotopic (exact) mass is 573 g/mol. The van der Waals surface area contributed by atoms with Crippen LogP contribution in [0, 0.1) is 5.92 Å². The quantitative estimate of drug-likeness (QED) is 0.362. The number of benzene rings is 1. The summed E-state index contributed by atoms with van der Waals surface area (Å²) in [4.78, 5) is 49.0. The molecule has 3 atom stereocenters. The van der Waals surface area contributed by atoms with E-state index in [0.717, 1.165) is 44.3 Å². The molecule has 228 valence electrons. The van der Waals surface area contributed by atoms with E-state index in [2.05, 4.69) is 16.7 Å². The molecule has 41 heavy (non-hydrogen) atoms. The van der Waals surface area contributed by atoms with Gasteiger partial charge in [0, 0.05) is 58.3 Å². The lowest BCUT2D eigenvalue weighted by molar-refractivity contribution is -0.144. The van der Waals surface area contributed by atoms with Gasteiger partial charge in [0.2, 0.25) is 12.7 Å². The number of hydrogen-bond donors (Lipinski definition) is 1. The first-order chi connectivity index (χ1) is 19.7. The number of carboxylic acid groups (broad SMARTS) is 1. The van der Waals surface area contributed by atoms with Crippen LogP contribution in [0.25, 0.3) is 0 Å². The molecule has 0 aliphatic carbocycles. The molecule has 1 N–H and O–H groups in total. The van der Waals surface area contributed by atoms with Gasteiger partial charge in [0.25, 0.3) is 0 Å². The van der Waals surface area contributed by atoms with Gasteiger partial charge in [-0.05, 0) is 64.0 Å². The molecule has 0 bridgehead atoms. The molecule has 0 saturated carbocycles. The second-order valence-corrected chi connectivity index (χ2v) is 11.8. The van der Waals surface area contributed by atoms with E-state index in [4.69, 9.17) is 9.47 Å². The Morgan fingerprint density at radius 2 is 1.83 bits per heavy atom. The van der Waals surface area contributed by atoms with E-state index in [9.17, 15) is 19.5 Å². The van der Waals surface area contributed by atoms with Gasteiger partial charge in [-0.15, -0.1) is 0 Å². The molecule has 2 fully saturated rings. The third-order valence-corrected chi connectivity index (χ3v) is 8.58. The van der Waals surface area contributed by atoms with Crippen LogP contribution < -0.4 is 9.47 Å². The Labute approximate surface area is 243 Å². The topological polar surface area (TPSA) is 106 Å². The zero-order valence-electron chi connectivity index (χ0n) is 25.1. The number of unbranched alkanes of at least 4 members (excludes halogenated alkanes) is 1. The Bertz CT molecular complexity index is 1070. The number of amides is 3. The van der Waals surface area contributed by atoms with E-state index in [-0.39, 0.29) is 37.2 Å². The fraction of sp³-hybridized carbons (Fsp3) is 0.700. The van der Waals surface area contributed by atoms with Gasteiger partial charge >= 0.3 is 12.0 Å². The first-order valence-electron chi connectivity index (χ1n) is 15.0. The van der Waals surface area contributed by atoms with Crippen LogP contribution >= 0.6 is 0 Å². The summed E-state index contributed by atoms with van der Waals surface area (Å²) in [5.74, 6) is -0.628. The number of carbonyl (C=O) groups is 3. The van der Waals surface area contributed by atoms with Crippen molar-refractivity contribution in [3.63, 3.8) is 0 Å². The van der Waals surface area contributed by atoms with Crippen LogP contribution in [-0.2, 0) is 9.59 Å². The number of nitrogens with zero attached hydrogens (tertiary/aromatic N) is 5. The highest BCUT2D eigenvalue weighted by Crippen LogP contribution is 2.42. The van der Waals surface area contributed by atoms with Gasteiger partial charge in [-0.3, -0.25) is 14.5 Å². The molecular formula is C30H47N5O6. The van der Waals surface area contributed by atoms with Crippen molar-refractivity contribution in [1.29, 1.82) is 0 Å². The predicted molar refractivity (Wildman–Crippen MR) is 155 cm³/mol. The standard InChI is InChI=1S/C30H47N5O6/c1-5-6-14-33(15-7-12-31(2)3)27(36)20-35-19-23(22-9-10-25-26(18-22)41-21-40-25)28(29(37)38)24(35)11-17-34-16-8-13-32(4)30(34)39/h9-10,18,23-24,28H,5-8,11-17,19-21H2,1-4H3,(H,37,38)/t23-,24+,28-/m1/s1. The van der Waals surface area contributed by atoms with Crippen molar-refractivity contribution < 1.29 is 29.0 Å². The van der Waals surface area contributed by atoms with E-state index in [0.29, 0.717) is 50.6 Å². The third kappa shape index (κ3) is 7.62. The fourth-order valence-electron chi connectivity index (χ4n) is 6.32. The fourth-order valence-corrected chi connectivity index (χ4v) is 6.32. The molecule has 2 saturated heterocycles. The van der Waals surface area contributed by atoms with Gasteiger partial charge in [-0.1, -0.05) is 19.4 Å². The van der Waals surface area contributed by atoms with Crippen LogP contribution in [0.5, 0.6) is 11.5 Å². The van der Waals surface area contributed by atoms with Crippen molar-refractivity contribution in [3.8, 4) is 11.5 Å². The molecule has 3 amide bonds. The van der Waals surface area contributed by atoms with E-state index in [1.165, 1.54) is 0 Å². The van der Waals surface area contributed by atoms with E-state index in [1.807, 2.05) is 42.1 Å². The van der Waals surface area contributed by atoms with Gasteiger partial charge in [-0.25, -0.2) is 4.79 Å². The summed E-state index contributed by atoms with van der Waals surface area (Å²) in [5.41, 5.74) is 0.865. The number of carbonyl (C=O) groups excluding carboxylic acids is 2.